The van der Waals surface area contributed by atoms with Crippen molar-refractivity contribution in [2.45, 2.75) is 6.61 Å². The van der Waals surface area contributed by atoms with Gasteiger partial charge in [-0.15, -0.1) is 5.10 Å². The van der Waals surface area contributed by atoms with E-state index in [0.717, 1.165) is 10.5 Å². The van der Waals surface area contributed by atoms with Gasteiger partial charge in [-0.25, -0.2) is 4.79 Å². The lowest BCUT2D eigenvalue weighted by atomic mass is 10.2. The van der Waals surface area contributed by atoms with Crippen LogP contribution in [-0.4, -0.2) is 36.4 Å². The van der Waals surface area contributed by atoms with E-state index in [9.17, 15) is 15.0 Å². The van der Waals surface area contributed by atoms with Crippen LogP contribution < -0.4 is 0 Å². The molecule has 0 amide bonds. The number of aromatic hydroxyl groups is 2. The number of phenols is 2. The summed E-state index contributed by atoms with van der Waals surface area (Å²) in [6.07, 6.45) is 0. The highest BCUT2D eigenvalue weighted by atomic mass is 79.9. The first-order valence-electron chi connectivity index (χ1n) is 6.77. The summed E-state index contributed by atoms with van der Waals surface area (Å²) >= 11 is 3.40. The maximum Gasteiger partial charge on any atom is 0.338 e. The van der Waals surface area contributed by atoms with Crippen molar-refractivity contribution in [2.24, 2.45) is 0 Å². The van der Waals surface area contributed by atoms with Gasteiger partial charge in [0.2, 0.25) is 0 Å². The van der Waals surface area contributed by atoms with Gasteiger partial charge in [-0.2, -0.15) is 4.68 Å². The second-order valence-electron chi connectivity index (χ2n) is 4.77. The summed E-state index contributed by atoms with van der Waals surface area (Å²) < 4.78 is 7.37. The average Bonchev–Trinajstić information content (AvgIpc) is 3.00. The fourth-order valence-corrected chi connectivity index (χ4v) is 2.49. The van der Waals surface area contributed by atoms with Crippen molar-refractivity contribution >= 4 is 21.9 Å². The number of carbonyl (C=O) groups is 1. The molecule has 0 spiro atoms. The van der Waals surface area contributed by atoms with E-state index in [1.165, 1.54) is 16.8 Å². The maximum absolute atomic E-state index is 12.0. The maximum atomic E-state index is 12.0. The van der Waals surface area contributed by atoms with Crippen molar-refractivity contribution in [3.8, 4) is 17.2 Å². The van der Waals surface area contributed by atoms with Crippen LogP contribution >= 0.6 is 15.9 Å². The van der Waals surface area contributed by atoms with E-state index >= 15 is 0 Å². The lowest BCUT2D eigenvalue weighted by Gasteiger charge is -2.08. The van der Waals surface area contributed by atoms with E-state index in [0.29, 0.717) is 11.5 Å². The Labute approximate surface area is 144 Å². The van der Waals surface area contributed by atoms with Crippen molar-refractivity contribution in [2.75, 3.05) is 0 Å². The number of aromatic nitrogens is 4. The van der Waals surface area contributed by atoms with Crippen molar-refractivity contribution in [1.82, 2.24) is 20.2 Å². The summed E-state index contributed by atoms with van der Waals surface area (Å²) in [5.41, 5.74) is 0.718. The molecule has 3 rings (SSSR count). The number of para-hydroxylation sites is 1. The Morgan fingerprint density at radius 2 is 1.88 bits per heavy atom. The van der Waals surface area contributed by atoms with Crippen LogP contribution in [-0.2, 0) is 11.3 Å². The van der Waals surface area contributed by atoms with Crippen molar-refractivity contribution in [3.63, 3.8) is 0 Å². The number of benzene rings is 2. The van der Waals surface area contributed by atoms with Gasteiger partial charge in [-0.1, -0.05) is 12.1 Å². The Balaban J connectivity index is 1.77. The number of hydrogen-bond acceptors (Lipinski definition) is 7. The minimum absolute atomic E-state index is 0.0208. The SMILES string of the molecule is O=C(OCc1nnnn1-c1ccccc1Br)c1cc(O)cc(O)c1. The third-order valence-corrected chi connectivity index (χ3v) is 3.76. The van der Waals surface area contributed by atoms with Crippen molar-refractivity contribution < 1.29 is 19.7 Å². The minimum Gasteiger partial charge on any atom is -0.508 e. The lowest BCUT2D eigenvalue weighted by Crippen LogP contribution is -2.10. The molecule has 1 aromatic heterocycles. The van der Waals surface area contributed by atoms with Crippen LogP contribution in [0.15, 0.2) is 46.9 Å². The van der Waals surface area contributed by atoms with Gasteiger partial charge in [0.05, 0.1) is 11.3 Å². The van der Waals surface area contributed by atoms with Crippen molar-refractivity contribution in [1.29, 1.82) is 0 Å². The first-order valence-corrected chi connectivity index (χ1v) is 7.56. The molecule has 0 aliphatic heterocycles. The summed E-state index contributed by atoms with van der Waals surface area (Å²) in [4.78, 5) is 12.0. The van der Waals surface area contributed by atoms with E-state index in [4.69, 9.17) is 4.74 Å². The van der Waals surface area contributed by atoms with Gasteiger partial charge in [0.1, 0.15) is 11.5 Å². The van der Waals surface area contributed by atoms with Crippen LogP contribution in [0, 0.1) is 0 Å². The molecular formula is C15H11BrN4O4. The fraction of sp³-hybridized carbons (Fsp3) is 0.0667. The summed E-state index contributed by atoms with van der Waals surface area (Å²) in [7, 11) is 0. The molecule has 2 N–H and O–H groups in total. The average molecular weight is 391 g/mol. The van der Waals surface area contributed by atoms with E-state index in [1.807, 2.05) is 18.2 Å². The number of halogens is 1. The zero-order chi connectivity index (χ0) is 17.1. The van der Waals surface area contributed by atoms with Gasteiger partial charge < -0.3 is 14.9 Å². The molecule has 0 aliphatic rings. The van der Waals surface area contributed by atoms with Gasteiger partial charge in [0.25, 0.3) is 0 Å². The molecular weight excluding hydrogens is 380 g/mol. The quantitative estimate of drug-likeness (QED) is 0.656. The molecule has 122 valence electrons. The van der Waals surface area contributed by atoms with Crippen LogP contribution in [0.5, 0.6) is 11.5 Å². The van der Waals surface area contributed by atoms with Gasteiger partial charge in [-0.3, -0.25) is 0 Å². The zero-order valence-corrected chi connectivity index (χ0v) is 13.7. The fourth-order valence-electron chi connectivity index (χ4n) is 2.03. The Bertz CT molecular complexity index is 876. The summed E-state index contributed by atoms with van der Waals surface area (Å²) in [5.74, 6) is -0.873. The Kier molecular flexibility index (Phi) is 4.43. The number of esters is 1. The summed E-state index contributed by atoms with van der Waals surface area (Å²) in [5, 5.41) is 30.1. The lowest BCUT2D eigenvalue weighted by molar-refractivity contribution is 0.0458. The highest BCUT2D eigenvalue weighted by molar-refractivity contribution is 9.10. The van der Waals surface area contributed by atoms with Crippen LogP contribution in [0.3, 0.4) is 0 Å². The highest BCUT2D eigenvalue weighted by Gasteiger charge is 2.15. The molecule has 0 fully saturated rings. The Hall–Kier alpha value is -2.94. The minimum atomic E-state index is -0.720. The van der Waals surface area contributed by atoms with Gasteiger partial charge in [-0.05, 0) is 50.6 Å². The first kappa shape index (κ1) is 15.9. The normalized spacial score (nSPS) is 10.5. The molecule has 0 radical (unpaired) electrons. The van der Waals surface area contributed by atoms with Crippen LogP contribution in [0.1, 0.15) is 16.2 Å². The topological polar surface area (TPSA) is 110 Å². The second-order valence-corrected chi connectivity index (χ2v) is 5.63. The molecule has 1 heterocycles. The highest BCUT2D eigenvalue weighted by Crippen LogP contribution is 2.22. The van der Waals surface area contributed by atoms with Crippen LogP contribution in [0.2, 0.25) is 0 Å². The molecule has 0 bridgehead atoms. The van der Waals surface area contributed by atoms with E-state index in [2.05, 4.69) is 31.5 Å². The zero-order valence-electron chi connectivity index (χ0n) is 12.1. The van der Waals surface area contributed by atoms with Gasteiger partial charge in [0.15, 0.2) is 12.4 Å². The molecule has 0 saturated carbocycles. The third kappa shape index (κ3) is 3.35. The molecule has 0 atom stereocenters. The summed E-state index contributed by atoms with van der Waals surface area (Å²) in [6.45, 7) is -0.177. The molecule has 0 aliphatic carbocycles. The molecule has 0 unspecified atom stereocenters. The molecule has 2 aromatic carbocycles. The monoisotopic (exact) mass is 390 g/mol. The largest absolute Gasteiger partial charge is 0.508 e. The Morgan fingerprint density at radius 1 is 1.17 bits per heavy atom. The molecule has 9 heteroatoms. The number of hydrogen-bond donors (Lipinski definition) is 2. The third-order valence-electron chi connectivity index (χ3n) is 3.09. The van der Waals surface area contributed by atoms with Gasteiger partial charge in [0, 0.05) is 10.5 Å². The van der Waals surface area contributed by atoms with E-state index in [1.54, 1.807) is 6.07 Å². The number of nitrogens with zero attached hydrogens (tertiary/aromatic N) is 4. The number of tetrazole rings is 1. The number of carbonyl (C=O) groups excluding carboxylic acids is 1. The second kappa shape index (κ2) is 6.67. The number of ether oxygens (including phenoxy) is 1. The molecule has 24 heavy (non-hydrogen) atoms. The predicted octanol–water partition coefficient (Wildman–Crippen LogP) is 2.19. The summed E-state index contributed by atoms with van der Waals surface area (Å²) in [6, 6.07) is 10.8. The standard InChI is InChI=1S/C15H11BrN4O4/c16-12-3-1-2-4-13(12)20-14(17-18-19-20)8-24-15(23)9-5-10(21)7-11(22)6-9/h1-7,21-22H,8H2. The molecule has 3 aromatic rings. The van der Waals surface area contributed by atoms with Crippen LogP contribution in [0.4, 0.5) is 0 Å². The number of phenolic OH excluding ortho intramolecular Hbond substituents is 2. The number of rotatable bonds is 4. The molecule has 8 nitrogen and oxygen atoms in total. The van der Waals surface area contributed by atoms with Gasteiger partial charge >= 0.3 is 5.97 Å². The smallest absolute Gasteiger partial charge is 0.338 e. The van der Waals surface area contributed by atoms with Crippen molar-refractivity contribution in [3.05, 3.63) is 58.3 Å². The Morgan fingerprint density at radius 3 is 2.58 bits per heavy atom. The predicted molar refractivity (Wildman–Crippen MR) is 85.7 cm³/mol. The molecule has 0 saturated heterocycles. The van der Waals surface area contributed by atoms with E-state index in [-0.39, 0.29) is 23.7 Å². The van der Waals surface area contributed by atoms with Crippen LogP contribution in [0.25, 0.3) is 5.69 Å². The van der Waals surface area contributed by atoms with E-state index < -0.39 is 5.97 Å². The first-order chi connectivity index (χ1) is 11.5.